The average Bonchev–Trinajstić information content (AvgIpc) is 2.63. The minimum atomic E-state index is -0.0591. The van der Waals surface area contributed by atoms with Gasteiger partial charge >= 0.3 is 0 Å². The zero-order valence-corrected chi connectivity index (χ0v) is 13.8. The van der Waals surface area contributed by atoms with Crippen molar-refractivity contribution >= 4 is 11.6 Å². The van der Waals surface area contributed by atoms with E-state index >= 15 is 0 Å². The van der Waals surface area contributed by atoms with Crippen molar-refractivity contribution in [1.82, 2.24) is 5.32 Å². The highest BCUT2D eigenvalue weighted by molar-refractivity contribution is 5.80. The predicted molar refractivity (Wildman–Crippen MR) is 98.4 cm³/mol. The fraction of sp³-hybridized carbons (Fsp3) is 0.250. The Morgan fingerprint density at radius 3 is 2.54 bits per heavy atom. The molecular weight excluding hydrogens is 300 g/mol. The SMILES string of the molecule is C=CCNC(=O)CNc1ccc(OCCCc2ccccc2)cc1. The van der Waals surface area contributed by atoms with Crippen molar-refractivity contribution in [1.29, 1.82) is 0 Å². The molecule has 2 aromatic carbocycles. The summed E-state index contributed by atoms with van der Waals surface area (Å²) in [7, 11) is 0. The predicted octanol–water partition coefficient (Wildman–Crippen LogP) is 3.41. The van der Waals surface area contributed by atoms with Crippen LogP contribution in [0.5, 0.6) is 5.75 Å². The molecule has 0 saturated heterocycles. The van der Waals surface area contributed by atoms with Gasteiger partial charge in [-0.25, -0.2) is 0 Å². The van der Waals surface area contributed by atoms with Gasteiger partial charge in [0, 0.05) is 12.2 Å². The molecule has 0 bridgehead atoms. The number of carbonyl (C=O) groups excluding carboxylic acids is 1. The molecule has 0 aliphatic heterocycles. The van der Waals surface area contributed by atoms with Gasteiger partial charge in [0.05, 0.1) is 13.2 Å². The van der Waals surface area contributed by atoms with E-state index in [0.717, 1.165) is 24.3 Å². The van der Waals surface area contributed by atoms with Crippen LogP contribution < -0.4 is 15.4 Å². The number of aryl methyl sites for hydroxylation is 1. The van der Waals surface area contributed by atoms with Crippen molar-refractivity contribution in [2.45, 2.75) is 12.8 Å². The first kappa shape index (κ1) is 17.6. The number of amides is 1. The fourth-order valence-corrected chi connectivity index (χ4v) is 2.21. The molecule has 24 heavy (non-hydrogen) atoms. The summed E-state index contributed by atoms with van der Waals surface area (Å²) in [6.45, 7) is 4.97. The molecule has 2 rings (SSSR count). The van der Waals surface area contributed by atoms with Crippen molar-refractivity contribution < 1.29 is 9.53 Å². The van der Waals surface area contributed by atoms with Crippen LogP contribution in [0.25, 0.3) is 0 Å². The van der Waals surface area contributed by atoms with Gasteiger partial charge in [-0.1, -0.05) is 36.4 Å². The molecule has 0 radical (unpaired) electrons. The lowest BCUT2D eigenvalue weighted by Gasteiger charge is -2.09. The van der Waals surface area contributed by atoms with Crippen LogP contribution in [0.2, 0.25) is 0 Å². The Hall–Kier alpha value is -2.75. The van der Waals surface area contributed by atoms with Crippen LogP contribution in [0.3, 0.4) is 0 Å². The summed E-state index contributed by atoms with van der Waals surface area (Å²) >= 11 is 0. The topological polar surface area (TPSA) is 50.4 Å². The average molecular weight is 324 g/mol. The molecule has 0 aromatic heterocycles. The largest absolute Gasteiger partial charge is 0.494 e. The van der Waals surface area contributed by atoms with Gasteiger partial charge in [0.1, 0.15) is 5.75 Å². The first-order valence-corrected chi connectivity index (χ1v) is 8.16. The number of benzene rings is 2. The molecule has 0 heterocycles. The number of carbonyl (C=O) groups is 1. The Morgan fingerprint density at radius 1 is 1.08 bits per heavy atom. The standard InChI is InChI=1S/C20H24N2O2/c1-2-14-21-20(23)16-22-18-10-12-19(13-11-18)24-15-6-9-17-7-4-3-5-8-17/h2-5,7-8,10-13,22H,1,6,9,14-16H2,(H,21,23). The van der Waals surface area contributed by atoms with Gasteiger partial charge in [-0.2, -0.15) is 0 Å². The van der Waals surface area contributed by atoms with Crippen LogP contribution in [-0.2, 0) is 11.2 Å². The lowest BCUT2D eigenvalue weighted by atomic mass is 10.1. The van der Waals surface area contributed by atoms with Crippen molar-refractivity contribution in [2.75, 3.05) is 25.0 Å². The summed E-state index contributed by atoms with van der Waals surface area (Å²) in [6.07, 6.45) is 3.65. The van der Waals surface area contributed by atoms with Gasteiger partial charge in [0.15, 0.2) is 0 Å². The normalized spacial score (nSPS) is 10.0. The Balaban J connectivity index is 1.66. The lowest BCUT2D eigenvalue weighted by Crippen LogP contribution is -2.29. The Bertz CT molecular complexity index is 624. The molecule has 0 fully saturated rings. The second-order valence-corrected chi connectivity index (χ2v) is 5.41. The second-order valence-electron chi connectivity index (χ2n) is 5.41. The van der Waals surface area contributed by atoms with E-state index in [2.05, 4.69) is 41.5 Å². The minimum absolute atomic E-state index is 0.0591. The number of hydrogen-bond acceptors (Lipinski definition) is 3. The molecule has 2 aromatic rings. The highest BCUT2D eigenvalue weighted by Crippen LogP contribution is 2.16. The molecule has 4 nitrogen and oxygen atoms in total. The smallest absolute Gasteiger partial charge is 0.239 e. The maximum atomic E-state index is 11.5. The molecule has 2 N–H and O–H groups in total. The van der Waals surface area contributed by atoms with E-state index in [9.17, 15) is 4.79 Å². The summed E-state index contributed by atoms with van der Waals surface area (Å²) in [5.74, 6) is 0.779. The van der Waals surface area contributed by atoms with Crippen LogP contribution in [0.4, 0.5) is 5.69 Å². The first-order chi connectivity index (χ1) is 11.8. The van der Waals surface area contributed by atoms with E-state index in [1.165, 1.54) is 5.56 Å². The molecule has 0 spiro atoms. The Kier molecular flexibility index (Phi) is 7.41. The van der Waals surface area contributed by atoms with E-state index in [0.29, 0.717) is 13.2 Å². The fourth-order valence-electron chi connectivity index (χ4n) is 2.21. The van der Waals surface area contributed by atoms with Gasteiger partial charge in [0.2, 0.25) is 5.91 Å². The summed E-state index contributed by atoms with van der Waals surface area (Å²) in [4.78, 5) is 11.5. The van der Waals surface area contributed by atoms with Gasteiger partial charge in [-0.05, 0) is 42.7 Å². The molecule has 0 saturated carbocycles. The van der Waals surface area contributed by atoms with Crippen LogP contribution in [-0.4, -0.2) is 25.6 Å². The molecule has 1 amide bonds. The van der Waals surface area contributed by atoms with Crippen LogP contribution in [0, 0.1) is 0 Å². The summed E-state index contributed by atoms with van der Waals surface area (Å²) in [6, 6.07) is 18.0. The maximum Gasteiger partial charge on any atom is 0.239 e. The Morgan fingerprint density at radius 2 is 1.83 bits per heavy atom. The summed E-state index contributed by atoms with van der Waals surface area (Å²) < 4.78 is 5.74. The zero-order chi connectivity index (χ0) is 17.0. The molecule has 0 atom stereocenters. The van der Waals surface area contributed by atoms with Crippen molar-refractivity contribution in [3.8, 4) is 5.75 Å². The van der Waals surface area contributed by atoms with E-state index in [4.69, 9.17) is 4.74 Å². The van der Waals surface area contributed by atoms with Crippen molar-refractivity contribution in [2.24, 2.45) is 0 Å². The van der Waals surface area contributed by atoms with Crippen LogP contribution in [0.15, 0.2) is 67.3 Å². The van der Waals surface area contributed by atoms with Crippen molar-refractivity contribution in [3.05, 3.63) is 72.8 Å². The first-order valence-electron chi connectivity index (χ1n) is 8.16. The molecule has 0 aliphatic carbocycles. The van der Waals surface area contributed by atoms with Gasteiger partial charge in [-0.3, -0.25) is 4.79 Å². The highest BCUT2D eigenvalue weighted by atomic mass is 16.5. The van der Waals surface area contributed by atoms with Gasteiger partial charge in [0.25, 0.3) is 0 Å². The lowest BCUT2D eigenvalue weighted by molar-refractivity contribution is -0.119. The molecule has 126 valence electrons. The third kappa shape index (κ3) is 6.57. The molecule has 0 aliphatic rings. The van der Waals surface area contributed by atoms with E-state index < -0.39 is 0 Å². The molecule has 4 heteroatoms. The number of nitrogens with one attached hydrogen (secondary N) is 2. The zero-order valence-electron chi connectivity index (χ0n) is 13.8. The number of anilines is 1. The summed E-state index contributed by atoms with van der Waals surface area (Å²) in [5, 5.41) is 5.78. The number of hydrogen-bond donors (Lipinski definition) is 2. The third-order valence-electron chi connectivity index (χ3n) is 3.47. The van der Waals surface area contributed by atoms with E-state index in [1.54, 1.807) is 6.08 Å². The minimum Gasteiger partial charge on any atom is -0.494 e. The van der Waals surface area contributed by atoms with Crippen LogP contribution >= 0.6 is 0 Å². The van der Waals surface area contributed by atoms with E-state index in [-0.39, 0.29) is 12.5 Å². The van der Waals surface area contributed by atoms with Gasteiger partial charge in [-0.15, -0.1) is 6.58 Å². The molecule has 0 unspecified atom stereocenters. The second kappa shape index (κ2) is 10.1. The Labute approximate surface area is 143 Å². The number of rotatable bonds is 10. The van der Waals surface area contributed by atoms with E-state index in [1.807, 2.05) is 30.3 Å². The third-order valence-corrected chi connectivity index (χ3v) is 3.47. The summed E-state index contributed by atoms with van der Waals surface area (Å²) in [5.41, 5.74) is 2.22. The van der Waals surface area contributed by atoms with Crippen LogP contribution in [0.1, 0.15) is 12.0 Å². The highest BCUT2D eigenvalue weighted by Gasteiger charge is 2.00. The number of ether oxygens (including phenoxy) is 1. The quantitative estimate of drug-likeness (QED) is 0.520. The van der Waals surface area contributed by atoms with Gasteiger partial charge < -0.3 is 15.4 Å². The maximum absolute atomic E-state index is 11.5. The monoisotopic (exact) mass is 324 g/mol. The molecular formula is C20H24N2O2. The van der Waals surface area contributed by atoms with Crippen molar-refractivity contribution in [3.63, 3.8) is 0 Å².